The molecule has 0 heterocycles. The minimum atomic E-state index is -0.367. The lowest BCUT2D eigenvalue weighted by Gasteiger charge is -2.19. The van der Waals surface area contributed by atoms with Crippen LogP contribution in [0.1, 0.15) is 49.4 Å². The number of amides is 2. The first-order valence-electron chi connectivity index (χ1n) is 8.50. The number of thioether (sulfide) groups is 1. The summed E-state index contributed by atoms with van der Waals surface area (Å²) in [7, 11) is 0. The Bertz CT molecular complexity index is 635. The Balaban J connectivity index is 1.98. The summed E-state index contributed by atoms with van der Waals surface area (Å²) in [4.78, 5) is 36.2. The highest BCUT2D eigenvalue weighted by Gasteiger charge is 2.33. The molecule has 0 spiro atoms. The second-order valence-electron chi connectivity index (χ2n) is 6.04. The molecule has 1 aliphatic rings. The van der Waals surface area contributed by atoms with E-state index in [2.05, 4.69) is 5.32 Å². The van der Waals surface area contributed by atoms with E-state index in [4.69, 9.17) is 10.5 Å². The molecule has 2 amide bonds. The zero-order valence-corrected chi connectivity index (χ0v) is 15.1. The van der Waals surface area contributed by atoms with Gasteiger partial charge in [-0.05, 0) is 31.4 Å². The summed E-state index contributed by atoms with van der Waals surface area (Å²) >= 11 is 1.30. The molecule has 2 rings (SSSR count). The monoisotopic (exact) mass is 364 g/mol. The normalized spacial score (nSPS) is 19.4. The van der Waals surface area contributed by atoms with E-state index in [9.17, 15) is 14.4 Å². The minimum Gasteiger partial charge on any atom is -0.454 e. The molecule has 7 heteroatoms. The van der Waals surface area contributed by atoms with Gasteiger partial charge in [-0.1, -0.05) is 37.2 Å². The van der Waals surface area contributed by atoms with Crippen molar-refractivity contribution in [2.45, 2.75) is 50.0 Å². The molecule has 0 aliphatic heterocycles. The van der Waals surface area contributed by atoms with Crippen LogP contribution in [-0.2, 0) is 14.3 Å². The van der Waals surface area contributed by atoms with E-state index < -0.39 is 0 Å². The van der Waals surface area contributed by atoms with Crippen molar-refractivity contribution in [3.05, 3.63) is 29.8 Å². The Hall–Kier alpha value is -2.02. The highest BCUT2D eigenvalue weighted by Crippen LogP contribution is 2.27. The number of hydrogen-bond acceptors (Lipinski definition) is 5. The van der Waals surface area contributed by atoms with Gasteiger partial charge in [0.05, 0.1) is 11.5 Å². The van der Waals surface area contributed by atoms with Crippen LogP contribution in [0, 0.1) is 5.92 Å². The number of rotatable bonds is 8. The van der Waals surface area contributed by atoms with Gasteiger partial charge in [0.25, 0.3) is 5.91 Å². The lowest BCUT2D eigenvalue weighted by atomic mass is 10.0. The van der Waals surface area contributed by atoms with E-state index in [1.165, 1.54) is 11.8 Å². The number of hydrogen-bond donors (Lipinski definition) is 2. The molecule has 136 valence electrons. The number of ether oxygens (including phenoxy) is 1. The van der Waals surface area contributed by atoms with E-state index in [0.29, 0.717) is 18.4 Å². The van der Waals surface area contributed by atoms with Gasteiger partial charge in [-0.2, -0.15) is 0 Å². The van der Waals surface area contributed by atoms with Crippen LogP contribution in [0.4, 0.5) is 0 Å². The lowest BCUT2D eigenvalue weighted by Crippen LogP contribution is -2.42. The smallest absolute Gasteiger partial charge is 0.306 e. The maximum Gasteiger partial charge on any atom is 0.306 e. The standard InChI is InChI=1S/C18H24N2O4S/c1-2-6-16(21)24-11-25-15-10-4-3-7-13(15)18(23)20-14-9-5-8-12(14)17(19)22/h3-4,7,10,12,14H,2,5-6,8-9,11H2,1H3,(H2,19,22)(H,20,23)/t12-,14+/m1/s1. The summed E-state index contributed by atoms with van der Waals surface area (Å²) in [5.74, 6) is -0.989. The maximum atomic E-state index is 12.6. The van der Waals surface area contributed by atoms with E-state index in [-0.39, 0.29) is 35.7 Å². The number of nitrogens with two attached hydrogens (primary N) is 1. The van der Waals surface area contributed by atoms with Crippen molar-refractivity contribution in [2.75, 3.05) is 5.94 Å². The van der Waals surface area contributed by atoms with Crippen LogP contribution >= 0.6 is 11.8 Å². The summed E-state index contributed by atoms with van der Waals surface area (Å²) in [6.45, 7) is 1.91. The summed E-state index contributed by atoms with van der Waals surface area (Å²) in [5.41, 5.74) is 5.92. The fourth-order valence-electron chi connectivity index (χ4n) is 2.93. The molecule has 1 aromatic rings. The van der Waals surface area contributed by atoms with Gasteiger partial charge in [-0.25, -0.2) is 0 Å². The Labute approximate surface area is 151 Å². The van der Waals surface area contributed by atoms with Crippen LogP contribution in [0.15, 0.2) is 29.2 Å². The largest absolute Gasteiger partial charge is 0.454 e. The van der Waals surface area contributed by atoms with Gasteiger partial charge in [0, 0.05) is 17.4 Å². The molecule has 1 fully saturated rings. The van der Waals surface area contributed by atoms with Gasteiger partial charge < -0.3 is 15.8 Å². The average molecular weight is 364 g/mol. The molecule has 6 nitrogen and oxygen atoms in total. The van der Waals surface area contributed by atoms with Gasteiger partial charge in [0.1, 0.15) is 5.94 Å². The molecule has 0 aromatic heterocycles. The molecular formula is C18H24N2O4S. The maximum absolute atomic E-state index is 12.6. The number of esters is 1. The molecule has 0 bridgehead atoms. The van der Waals surface area contributed by atoms with Crippen molar-refractivity contribution in [3.8, 4) is 0 Å². The van der Waals surface area contributed by atoms with Gasteiger partial charge >= 0.3 is 5.97 Å². The zero-order valence-electron chi connectivity index (χ0n) is 14.3. The van der Waals surface area contributed by atoms with Crippen LogP contribution in [0.3, 0.4) is 0 Å². The van der Waals surface area contributed by atoms with Crippen LogP contribution < -0.4 is 11.1 Å². The molecule has 3 N–H and O–H groups in total. The fraction of sp³-hybridized carbons (Fsp3) is 0.500. The zero-order chi connectivity index (χ0) is 18.2. The first-order chi connectivity index (χ1) is 12.0. The number of carbonyl (C=O) groups excluding carboxylic acids is 3. The summed E-state index contributed by atoms with van der Waals surface area (Å²) in [6, 6.07) is 6.93. The Morgan fingerprint density at radius 2 is 2.04 bits per heavy atom. The highest BCUT2D eigenvalue weighted by atomic mass is 32.2. The van der Waals surface area contributed by atoms with Crippen molar-refractivity contribution in [1.29, 1.82) is 0 Å². The third-order valence-corrected chi connectivity index (χ3v) is 5.12. The van der Waals surface area contributed by atoms with Crippen molar-refractivity contribution < 1.29 is 19.1 Å². The van der Waals surface area contributed by atoms with Crippen LogP contribution in [0.25, 0.3) is 0 Å². The second kappa shape index (κ2) is 9.46. The highest BCUT2D eigenvalue weighted by molar-refractivity contribution is 7.99. The van der Waals surface area contributed by atoms with E-state index in [1.807, 2.05) is 19.1 Å². The Kier molecular flexibility index (Phi) is 7.31. The molecule has 0 saturated heterocycles. The van der Waals surface area contributed by atoms with E-state index in [1.54, 1.807) is 12.1 Å². The second-order valence-corrected chi connectivity index (χ2v) is 7.01. The third kappa shape index (κ3) is 5.49. The van der Waals surface area contributed by atoms with Gasteiger partial charge in [-0.15, -0.1) is 0 Å². The molecule has 0 radical (unpaired) electrons. The van der Waals surface area contributed by atoms with Crippen molar-refractivity contribution in [2.24, 2.45) is 11.7 Å². The Morgan fingerprint density at radius 1 is 1.28 bits per heavy atom. The van der Waals surface area contributed by atoms with Crippen molar-refractivity contribution >= 4 is 29.5 Å². The first-order valence-corrected chi connectivity index (χ1v) is 9.49. The van der Waals surface area contributed by atoms with Crippen molar-refractivity contribution in [1.82, 2.24) is 5.32 Å². The van der Waals surface area contributed by atoms with Crippen LogP contribution in [0.2, 0.25) is 0 Å². The lowest BCUT2D eigenvalue weighted by molar-refractivity contribution is -0.141. The van der Waals surface area contributed by atoms with Gasteiger partial charge in [-0.3, -0.25) is 14.4 Å². The minimum absolute atomic E-state index is 0.163. The van der Waals surface area contributed by atoms with Gasteiger partial charge in [0.15, 0.2) is 0 Å². The molecule has 1 saturated carbocycles. The summed E-state index contributed by atoms with van der Waals surface area (Å²) in [6.07, 6.45) is 3.47. The number of carbonyl (C=O) groups is 3. The summed E-state index contributed by atoms with van der Waals surface area (Å²) < 4.78 is 5.13. The number of nitrogens with one attached hydrogen (secondary N) is 1. The fourth-order valence-corrected chi connectivity index (χ4v) is 3.74. The van der Waals surface area contributed by atoms with E-state index in [0.717, 1.165) is 24.2 Å². The molecule has 2 atom stereocenters. The predicted molar refractivity (Wildman–Crippen MR) is 96.0 cm³/mol. The molecule has 0 unspecified atom stereocenters. The van der Waals surface area contributed by atoms with Gasteiger partial charge in [0.2, 0.25) is 5.91 Å². The Morgan fingerprint density at radius 3 is 2.76 bits per heavy atom. The number of primary amides is 1. The third-order valence-electron chi connectivity index (χ3n) is 4.22. The van der Waals surface area contributed by atoms with Crippen LogP contribution in [0.5, 0.6) is 0 Å². The average Bonchev–Trinajstić information content (AvgIpc) is 3.04. The van der Waals surface area contributed by atoms with E-state index >= 15 is 0 Å². The molecular weight excluding hydrogens is 340 g/mol. The number of benzene rings is 1. The predicted octanol–water partition coefficient (Wildman–Crippen LogP) is 2.46. The SMILES string of the molecule is CCCC(=O)OCSc1ccccc1C(=O)N[C@H]1CCC[C@H]1C(N)=O. The first kappa shape index (κ1) is 19.3. The topological polar surface area (TPSA) is 98.5 Å². The summed E-state index contributed by atoms with van der Waals surface area (Å²) in [5, 5.41) is 2.93. The molecule has 1 aliphatic carbocycles. The van der Waals surface area contributed by atoms with Crippen molar-refractivity contribution in [3.63, 3.8) is 0 Å². The quantitative estimate of drug-likeness (QED) is 0.419. The molecule has 25 heavy (non-hydrogen) atoms. The molecule has 1 aromatic carbocycles. The van der Waals surface area contributed by atoms with Crippen LogP contribution in [-0.4, -0.2) is 29.8 Å².